The molecule has 0 N–H and O–H groups in total. The Labute approximate surface area is 171 Å². The first-order chi connectivity index (χ1) is 14.3. The Morgan fingerprint density at radius 1 is 0.867 bits per heavy atom. The third-order valence-corrected chi connectivity index (χ3v) is 4.33. The van der Waals surface area contributed by atoms with Crippen molar-refractivity contribution in [1.82, 2.24) is 0 Å². The Morgan fingerprint density at radius 3 is 2.17 bits per heavy atom. The van der Waals surface area contributed by atoms with Crippen LogP contribution < -0.4 is 9.47 Å². The van der Waals surface area contributed by atoms with Crippen LogP contribution in [0.15, 0.2) is 36.4 Å². The fraction of sp³-hybridized carbons (Fsp3) is 0.364. The van der Waals surface area contributed by atoms with Gasteiger partial charge in [0, 0.05) is 5.56 Å². The second-order valence-electron chi connectivity index (χ2n) is 6.40. The number of hydrogen-bond acceptors (Lipinski definition) is 2. The molecule has 0 fully saturated rings. The summed E-state index contributed by atoms with van der Waals surface area (Å²) >= 11 is 0. The lowest BCUT2D eigenvalue weighted by Crippen LogP contribution is -2.20. The Bertz CT molecular complexity index is 884. The summed E-state index contributed by atoms with van der Waals surface area (Å²) in [6.07, 6.45) is -0.696. The number of allylic oxidation sites excluding steroid dienone is 2. The second-order valence-corrected chi connectivity index (χ2v) is 6.40. The lowest BCUT2D eigenvalue weighted by molar-refractivity contribution is 0.104. The maximum absolute atomic E-state index is 14.3. The van der Waals surface area contributed by atoms with E-state index in [1.807, 2.05) is 0 Å². The van der Waals surface area contributed by atoms with E-state index >= 15 is 0 Å². The summed E-state index contributed by atoms with van der Waals surface area (Å²) in [6.45, 7) is 2.39. The van der Waals surface area contributed by atoms with E-state index < -0.39 is 59.3 Å². The molecule has 0 saturated carbocycles. The third kappa shape index (κ3) is 5.49. The van der Waals surface area contributed by atoms with Crippen molar-refractivity contribution in [3.8, 4) is 11.5 Å². The molecule has 8 heteroatoms. The van der Waals surface area contributed by atoms with Crippen molar-refractivity contribution >= 4 is 0 Å². The summed E-state index contributed by atoms with van der Waals surface area (Å²) in [4.78, 5) is 0. The molecule has 0 aliphatic carbocycles. The van der Waals surface area contributed by atoms with E-state index in [1.54, 1.807) is 26.0 Å². The molecule has 2 atom stereocenters. The van der Waals surface area contributed by atoms with E-state index in [-0.39, 0.29) is 18.6 Å². The fourth-order valence-electron chi connectivity index (χ4n) is 2.76. The minimum absolute atomic E-state index is 0.0601. The quantitative estimate of drug-likeness (QED) is 0.312. The van der Waals surface area contributed by atoms with Crippen LogP contribution >= 0.6 is 0 Å². The molecule has 30 heavy (non-hydrogen) atoms. The van der Waals surface area contributed by atoms with Gasteiger partial charge in [-0.15, -0.1) is 0 Å². The zero-order valence-electron chi connectivity index (χ0n) is 16.5. The standard InChI is InChI=1S/C22H22F6O2/c1-3-5-6-7-13-8-10-17(21(27)18(13)24)30-12-15(23)19(25)14-9-11-16(29-4-2)22(28)20(14)26/h3,5,8-11,15,19H,4,6-7,12H2,1-2H3/b5-3+. The van der Waals surface area contributed by atoms with E-state index in [1.165, 1.54) is 6.07 Å². The zero-order chi connectivity index (χ0) is 22.3. The molecule has 0 bridgehead atoms. The topological polar surface area (TPSA) is 18.5 Å². The normalized spacial score (nSPS) is 13.5. The molecule has 0 heterocycles. The number of rotatable bonds is 10. The minimum atomic E-state index is -2.58. The molecule has 0 amide bonds. The van der Waals surface area contributed by atoms with Gasteiger partial charge in [-0.05, 0) is 50.5 Å². The highest BCUT2D eigenvalue weighted by Gasteiger charge is 2.29. The Hall–Kier alpha value is -2.64. The molecule has 0 aliphatic heterocycles. The van der Waals surface area contributed by atoms with E-state index in [0.717, 1.165) is 18.2 Å². The van der Waals surface area contributed by atoms with Gasteiger partial charge in [0.05, 0.1) is 6.61 Å². The first-order valence-corrected chi connectivity index (χ1v) is 9.41. The van der Waals surface area contributed by atoms with Gasteiger partial charge >= 0.3 is 0 Å². The molecular formula is C22H22F6O2. The number of hydrogen-bond donors (Lipinski definition) is 0. The largest absolute Gasteiger partial charge is 0.491 e. The number of ether oxygens (including phenoxy) is 2. The van der Waals surface area contributed by atoms with E-state index in [9.17, 15) is 26.3 Å². The molecule has 2 unspecified atom stereocenters. The molecule has 0 aliphatic rings. The van der Waals surface area contributed by atoms with Gasteiger partial charge in [-0.1, -0.05) is 18.2 Å². The first kappa shape index (κ1) is 23.6. The van der Waals surface area contributed by atoms with Crippen molar-refractivity contribution < 1.29 is 35.8 Å². The van der Waals surface area contributed by atoms with Crippen LogP contribution in [-0.2, 0) is 6.42 Å². The number of alkyl halides is 2. The minimum Gasteiger partial charge on any atom is -0.491 e. The van der Waals surface area contributed by atoms with Crippen molar-refractivity contribution in [2.45, 2.75) is 39.0 Å². The highest BCUT2D eigenvalue weighted by Crippen LogP contribution is 2.32. The monoisotopic (exact) mass is 432 g/mol. The maximum atomic E-state index is 14.3. The molecule has 0 saturated heterocycles. The van der Waals surface area contributed by atoms with Crippen LogP contribution in [0.25, 0.3) is 0 Å². The predicted molar refractivity (Wildman–Crippen MR) is 101 cm³/mol. The van der Waals surface area contributed by atoms with Crippen LogP contribution in [-0.4, -0.2) is 19.4 Å². The summed E-state index contributed by atoms with van der Waals surface area (Å²) in [7, 11) is 0. The zero-order valence-corrected chi connectivity index (χ0v) is 16.5. The van der Waals surface area contributed by atoms with Gasteiger partial charge in [-0.25, -0.2) is 17.6 Å². The molecule has 2 nitrogen and oxygen atoms in total. The van der Waals surface area contributed by atoms with Crippen LogP contribution in [0.1, 0.15) is 37.6 Å². The maximum Gasteiger partial charge on any atom is 0.200 e. The van der Waals surface area contributed by atoms with Crippen LogP contribution in [0.3, 0.4) is 0 Å². The lowest BCUT2D eigenvalue weighted by atomic mass is 10.1. The molecular weight excluding hydrogens is 410 g/mol. The van der Waals surface area contributed by atoms with E-state index in [0.29, 0.717) is 6.42 Å². The third-order valence-electron chi connectivity index (χ3n) is 4.33. The van der Waals surface area contributed by atoms with Gasteiger partial charge in [0.15, 0.2) is 35.5 Å². The van der Waals surface area contributed by atoms with Crippen molar-refractivity contribution in [3.63, 3.8) is 0 Å². The van der Waals surface area contributed by atoms with Gasteiger partial charge in [0.1, 0.15) is 6.61 Å². The molecule has 2 aromatic carbocycles. The molecule has 2 rings (SSSR count). The van der Waals surface area contributed by atoms with Crippen LogP contribution in [0, 0.1) is 23.3 Å². The molecule has 0 aromatic heterocycles. The summed E-state index contributed by atoms with van der Waals surface area (Å²) in [5.74, 6) is -6.51. The molecule has 0 radical (unpaired) electrons. The highest BCUT2D eigenvalue weighted by molar-refractivity contribution is 5.33. The average Bonchev–Trinajstić information content (AvgIpc) is 2.73. The average molecular weight is 432 g/mol. The Kier molecular flexibility index (Phi) is 8.62. The number of benzene rings is 2. The number of halogens is 6. The Balaban J connectivity index is 2.07. The SMILES string of the molecule is C/C=C/CCc1ccc(OCC(F)C(F)c2ccc(OCC)c(F)c2F)c(F)c1F. The van der Waals surface area contributed by atoms with E-state index in [4.69, 9.17) is 9.47 Å². The van der Waals surface area contributed by atoms with Gasteiger partial charge in [-0.2, -0.15) is 8.78 Å². The van der Waals surface area contributed by atoms with Crippen molar-refractivity contribution in [1.29, 1.82) is 0 Å². The van der Waals surface area contributed by atoms with E-state index in [2.05, 4.69) is 0 Å². The second kappa shape index (κ2) is 10.9. The Morgan fingerprint density at radius 2 is 1.50 bits per heavy atom. The first-order valence-electron chi connectivity index (χ1n) is 9.41. The van der Waals surface area contributed by atoms with Crippen LogP contribution in [0.5, 0.6) is 11.5 Å². The lowest BCUT2D eigenvalue weighted by Gasteiger charge is -2.17. The fourth-order valence-corrected chi connectivity index (χ4v) is 2.76. The molecule has 0 spiro atoms. The number of aryl methyl sites for hydroxylation is 1. The van der Waals surface area contributed by atoms with Gasteiger partial charge in [0.25, 0.3) is 0 Å². The van der Waals surface area contributed by atoms with Gasteiger partial charge < -0.3 is 9.47 Å². The smallest absolute Gasteiger partial charge is 0.200 e. The van der Waals surface area contributed by atoms with Crippen molar-refractivity contribution in [2.75, 3.05) is 13.2 Å². The summed E-state index contributed by atoms with van der Waals surface area (Å²) < 4.78 is 94.3. The highest BCUT2D eigenvalue weighted by atomic mass is 19.2. The van der Waals surface area contributed by atoms with Crippen molar-refractivity contribution in [2.24, 2.45) is 0 Å². The summed E-state index contributed by atoms with van der Waals surface area (Å²) in [6, 6.07) is 4.25. The summed E-state index contributed by atoms with van der Waals surface area (Å²) in [5.41, 5.74) is -0.747. The molecule has 2 aromatic rings. The van der Waals surface area contributed by atoms with Crippen LogP contribution in [0.4, 0.5) is 26.3 Å². The van der Waals surface area contributed by atoms with Gasteiger partial charge in [-0.3, -0.25) is 0 Å². The predicted octanol–water partition coefficient (Wildman–Crippen LogP) is 6.58. The molecule has 164 valence electrons. The van der Waals surface area contributed by atoms with Gasteiger partial charge in [0.2, 0.25) is 11.6 Å². The van der Waals surface area contributed by atoms with Crippen LogP contribution in [0.2, 0.25) is 0 Å². The van der Waals surface area contributed by atoms with Crippen molar-refractivity contribution in [3.05, 3.63) is 70.8 Å². The summed E-state index contributed by atoms with van der Waals surface area (Å²) in [5, 5.41) is 0.